The standard InChI is InChI=1S/C18H21N5O/c1-14-4-6-15(7-5-14)18-21-16(11-24-18)9-22-8-2-3-17(22)10-23-13-19-12-20-23/h4-7,11-13,17H,2-3,8-10H2,1H3. The third kappa shape index (κ3) is 3.23. The lowest BCUT2D eigenvalue weighted by atomic mass is 10.1. The molecule has 0 saturated carbocycles. The normalized spacial score (nSPS) is 18.3. The van der Waals surface area contributed by atoms with Crippen molar-refractivity contribution in [3.63, 3.8) is 0 Å². The molecule has 6 nitrogen and oxygen atoms in total. The maximum atomic E-state index is 5.68. The van der Waals surface area contributed by atoms with E-state index in [0.29, 0.717) is 11.9 Å². The average Bonchev–Trinajstić information content (AvgIpc) is 3.32. The molecule has 1 saturated heterocycles. The van der Waals surface area contributed by atoms with E-state index in [4.69, 9.17) is 4.42 Å². The van der Waals surface area contributed by atoms with Gasteiger partial charge < -0.3 is 4.42 Å². The van der Waals surface area contributed by atoms with Crippen molar-refractivity contribution in [3.05, 3.63) is 54.4 Å². The summed E-state index contributed by atoms with van der Waals surface area (Å²) in [6.45, 7) is 4.86. The second kappa shape index (κ2) is 6.57. The van der Waals surface area contributed by atoms with Crippen molar-refractivity contribution in [3.8, 4) is 11.5 Å². The van der Waals surface area contributed by atoms with Crippen molar-refractivity contribution in [2.45, 2.75) is 38.9 Å². The summed E-state index contributed by atoms with van der Waals surface area (Å²) in [6, 6.07) is 8.73. The van der Waals surface area contributed by atoms with Crippen molar-refractivity contribution in [2.75, 3.05) is 6.54 Å². The van der Waals surface area contributed by atoms with Crippen LogP contribution in [0.2, 0.25) is 0 Å². The molecule has 0 amide bonds. The molecule has 0 N–H and O–H groups in total. The van der Waals surface area contributed by atoms with E-state index in [9.17, 15) is 0 Å². The minimum atomic E-state index is 0.478. The first-order valence-electron chi connectivity index (χ1n) is 8.36. The Morgan fingerprint density at radius 2 is 2.12 bits per heavy atom. The average molecular weight is 323 g/mol. The van der Waals surface area contributed by atoms with Crippen molar-refractivity contribution >= 4 is 0 Å². The number of hydrogen-bond donors (Lipinski definition) is 0. The lowest BCUT2D eigenvalue weighted by molar-refractivity contribution is 0.216. The van der Waals surface area contributed by atoms with E-state index >= 15 is 0 Å². The fourth-order valence-corrected chi connectivity index (χ4v) is 3.27. The summed E-state index contributed by atoms with van der Waals surface area (Å²) in [5.41, 5.74) is 3.24. The zero-order chi connectivity index (χ0) is 16.4. The summed E-state index contributed by atoms with van der Waals surface area (Å²) < 4.78 is 7.58. The first-order valence-corrected chi connectivity index (χ1v) is 8.36. The van der Waals surface area contributed by atoms with Gasteiger partial charge in [0.05, 0.1) is 12.2 Å². The van der Waals surface area contributed by atoms with Gasteiger partial charge in [-0.2, -0.15) is 5.10 Å². The Morgan fingerprint density at radius 1 is 1.25 bits per heavy atom. The fourth-order valence-electron chi connectivity index (χ4n) is 3.27. The van der Waals surface area contributed by atoms with Crippen molar-refractivity contribution in [2.24, 2.45) is 0 Å². The van der Waals surface area contributed by atoms with Crippen LogP contribution in [0.25, 0.3) is 11.5 Å². The molecule has 0 aliphatic carbocycles. The molecule has 3 aromatic rings. The number of likely N-dealkylation sites (tertiary alicyclic amines) is 1. The van der Waals surface area contributed by atoms with E-state index in [0.717, 1.165) is 30.9 Å². The number of benzene rings is 1. The molecule has 4 rings (SSSR count). The lowest BCUT2D eigenvalue weighted by Gasteiger charge is -2.23. The van der Waals surface area contributed by atoms with E-state index in [1.54, 1.807) is 18.9 Å². The zero-order valence-electron chi connectivity index (χ0n) is 13.8. The molecule has 1 fully saturated rings. The van der Waals surface area contributed by atoms with Gasteiger partial charge in [0, 0.05) is 18.2 Å². The van der Waals surface area contributed by atoms with Crippen LogP contribution in [-0.4, -0.2) is 37.2 Å². The monoisotopic (exact) mass is 323 g/mol. The van der Waals surface area contributed by atoms with Gasteiger partial charge in [0.1, 0.15) is 18.9 Å². The molecule has 0 bridgehead atoms. The van der Waals surface area contributed by atoms with Gasteiger partial charge in [0.2, 0.25) is 5.89 Å². The van der Waals surface area contributed by atoms with Gasteiger partial charge >= 0.3 is 0 Å². The molecule has 124 valence electrons. The third-order valence-electron chi connectivity index (χ3n) is 4.58. The highest BCUT2D eigenvalue weighted by Gasteiger charge is 2.26. The molecule has 1 aliphatic rings. The van der Waals surface area contributed by atoms with Crippen LogP contribution in [0.5, 0.6) is 0 Å². The highest BCUT2D eigenvalue weighted by molar-refractivity contribution is 5.53. The van der Waals surface area contributed by atoms with Crippen molar-refractivity contribution in [1.82, 2.24) is 24.6 Å². The van der Waals surface area contributed by atoms with Crippen LogP contribution in [0.1, 0.15) is 24.1 Å². The molecule has 24 heavy (non-hydrogen) atoms. The molecule has 3 heterocycles. The summed E-state index contributed by atoms with van der Waals surface area (Å²) >= 11 is 0. The van der Waals surface area contributed by atoms with Gasteiger partial charge in [-0.05, 0) is 38.4 Å². The Balaban J connectivity index is 1.44. The van der Waals surface area contributed by atoms with Crippen LogP contribution < -0.4 is 0 Å². The van der Waals surface area contributed by atoms with E-state index in [-0.39, 0.29) is 0 Å². The van der Waals surface area contributed by atoms with Gasteiger partial charge in [-0.1, -0.05) is 17.7 Å². The number of oxazole rings is 1. The zero-order valence-corrected chi connectivity index (χ0v) is 13.8. The fraction of sp³-hybridized carbons (Fsp3) is 0.389. The van der Waals surface area contributed by atoms with E-state index < -0.39 is 0 Å². The van der Waals surface area contributed by atoms with E-state index in [1.165, 1.54) is 18.4 Å². The summed E-state index contributed by atoms with van der Waals surface area (Å²) in [5, 5.41) is 4.22. The Morgan fingerprint density at radius 3 is 2.92 bits per heavy atom. The molecule has 0 radical (unpaired) electrons. The molecule has 1 aliphatic heterocycles. The van der Waals surface area contributed by atoms with Gasteiger partial charge in [0.25, 0.3) is 0 Å². The summed E-state index contributed by atoms with van der Waals surface area (Å²) in [4.78, 5) is 11.1. The molecular weight excluding hydrogens is 302 g/mol. The Labute approximate surface area is 141 Å². The predicted molar refractivity (Wildman–Crippen MR) is 90.1 cm³/mol. The van der Waals surface area contributed by atoms with Crippen molar-refractivity contribution < 1.29 is 4.42 Å². The van der Waals surface area contributed by atoms with Crippen molar-refractivity contribution in [1.29, 1.82) is 0 Å². The topological polar surface area (TPSA) is 60.0 Å². The molecule has 6 heteroatoms. The van der Waals surface area contributed by atoms with Crippen LogP contribution in [0.3, 0.4) is 0 Å². The smallest absolute Gasteiger partial charge is 0.226 e. The molecule has 1 atom stereocenters. The molecule has 1 unspecified atom stereocenters. The summed E-state index contributed by atoms with van der Waals surface area (Å²) in [5.74, 6) is 0.692. The first kappa shape index (κ1) is 15.1. The van der Waals surface area contributed by atoms with E-state index in [2.05, 4.69) is 39.0 Å². The van der Waals surface area contributed by atoms with Crippen LogP contribution in [0.4, 0.5) is 0 Å². The predicted octanol–water partition coefficient (Wildman–Crippen LogP) is 2.91. The van der Waals surface area contributed by atoms with Crippen LogP contribution in [0.15, 0.2) is 47.6 Å². The second-order valence-corrected chi connectivity index (χ2v) is 6.39. The lowest BCUT2D eigenvalue weighted by Crippen LogP contribution is -2.32. The SMILES string of the molecule is Cc1ccc(-c2nc(CN3CCCC3Cn3cncn3)co2)cc1. The number of hydrogen-bond acceptors (Lipinski definition) is 5. The Bertz CT molecular complexity index is 778. The first-order chi connectivity index (χ1) is 11.8. The van der Waals surface area contributed by atoms with Gasteiger partial charge in [-0.3, -0.25) is 9.58 Å². The number of aryl methyl sites for hydroxylation is 1. The van der Waals surface area contributed by atoms with Crippen LogP contribution in [-0.2, 0) is 13.1 Å². The minimum Gasteiger partial charge on any atom is -0.444 e. The number of aromatic nitrogens is 4. The summed E-state index contributed by atoms with van der Waals surface area (Å²) in [6.07, 6.45) is 7.54. The van der Waals surface area contributed by atoms with Crippen LogP contribution in [0, 0.1) is 6.92 Å². The van der Waals surface area contributed by atoms with Gasteiger partial charge in [-0.25, -0.2) is 9.97 Å². The highest BCUT2D eigenvalue weighted by Crippen LogP contribution is 2.23. The molecule has 2 aromatic heterocycles. The molecule has 0 spiro atoms. The van der Waals surface area contributed by atoms with Gasteiger partial charge in [0.15, 0.2) is 0 Å². The quantitative estimate of drug-likeness (QED) is 0.722. The molecule has 1 aromatic carbocycles. The Hall–Kier alpha value is -2.47. The summed E-state index contributed by atoms with van der Waals surface area (Å²) in [7, 11) is 0. The maximum absolute atomic E-state index is 5.68. The van der Waals surface area contributed by atoms with E-state index in [1.807, 2.05) is 16.8 Å². The number of nitrogens with zero attached hydrogens (tertiary/aromatic N) is 5. The highest BCUT2D eigenvalue weighted by atomic mass is 16.3. The third-order valence-corrected chi connectivity index (χ3v) is 4.58. The van der Waals surface area contributed by atoms with Gasteiger partial charge in [-0.15, -0.1) is 0 Å². The number of rotatable bonds is 5. The minimum absolute atomic E-state index is 0.478. The Kier molecular flexibility index (Phi) is 4.13. The largest absolute Gasteiger partial charge is 0.444 e. The second-order valence-electron chi connectivity index (χ2n) is 6.39. The maximum Gasteiger partial charge on any atom is 0.226 e. The van der Waals surface area contributed by atoms with Crippen LogP contribution >= 0.6 is 0 Å². The molecular formula is C18H21N5O.